The molecule has 3 rings (SSSR count). The van der Waals surface area contributed by atoms with Crippen molar-refractivity contribution in [1.29, 1.82) is 0 Å². The number of nitrogens with one attached hydrogen (secondary N) is 1. The minimum atomic E-state index is -3.60. The summed E-state index contributed by atoms with van der Waals surface area (Å²) in [5.74, 6) is 0. The van der Waals surface area contributed by atoms with E-state index in [2.05, 4.69) is 9.62 Å². The fourth-order valence-corrected chi connectivity index (χ4v) is 4.08. The van der Waals surface area contributed by atoms with Crippen LogP contribution in [0.25, 0.3) is 0 Å². The van der Waals surface area contributed by atoms with Crippen LogP contribution < -0.4 is 4.72 Å². The molecule has 0 aromatic heterocycles. The topological polar surface area (TPSA) is 58.6 Å². The Morgan fingerprint density at radius 1 is 1.04 bits per heavy atom. The molecule has 1 fully saturated rings. The van der Waals surface area contributed by atoms with E-state index in [4.69, 9.17) is 16.3 Å². The van der Waals surface area contributed by atoms with Crippen LogP contribution in [0.1, 0.15) is 11.1 Å². The summed E-state index contributed by atoms with van der Waals surface area (Å²) in [5.41, 5.74) is 2.10. The molecule has 1 saturated heterocycles. The Labute approximate surface area is 153 Å². The summed E-state index contributed by atoms with van der Waals surface area (Å²) in [4.78, 5) is 2.49. The zero-order valence-corrected chi connectivity index (χ0v) is 15.4. The molecule has 0 radical (unpaired) electrons. The molecule has 2 aromatic rings. The molecule has 0 bridgehead atoms. The van der Waals surface area contributed by atoms with Crippen LogP contribution in [0.15, 0.2) is 53.4 Å². The second kappa shape index (κ2) is 8.29. The van der Waals surface area contributed by atoms with Gasteiger partial charge >= 0.3 is 0 Å². The van der Waals surface area contributed by atoms with Crippen LogP contribution >= 0.6 is 11.6 Å². The average molecular weight is 381 g/mol. The Morgan fingerprint density at radius 3 is 2.48 bits per heavy atom. The highest BCUT2D eigenvalue weighted by Crippen LogP contribution is 2.17. The molecule has 1 N–H and O–H groups in total. The number of sulfonamides is 1. The van der Waals surface area contributed by atoms with Crippen LogP contribution in [-0.4, -0.2) is 39.6 Å². The maximum Gasteiger partial charge on any atom is 0.240 e. The largest absolute Gasteiger partial charge is 0.379 e. The van der Waals surface area contributed by atoms with Crippen molar-refractivity contribution in [2.45, 2.75) is 18.0 Å². The summed E-state index contributed by atoms with van der Waals surface area (Å²) >= 11 is 5.89. The smallest absolute Gasteiger partial charge is 0.240 e. The number of nitrogens with zero attached hydrogens (tertiary/aromatic N) is 1. The Hall–Kier alpha value is -1.44. The lowest BCUT2D eigenvalue weighted by Gasteiger charge is -2.27. The SMILES string of the molecule is O=S(=O)(NCc1ccccc1CN1CCOCC1)c1cccc(Cl)c1. The maximum atomic E-state index is 12.5. The summed E-state index contributed by atoms with van der Waals surface area (Å²) in [5, 5.41) is 0.399. The molecule has 0 atom stereocenters. The maximum absolute atomic E-state index is 12.5. The van der Waals surface area contributed by atoms with Gasteiger partial charge in [-0.05, 0) is 29.3 Å². The lowest BCUT2D eigenvalue weighted by Crippen LogP contribution is -2.36. The fraction of sp³-hybridized carbons (Fsp3) is 0.333. The van der Waals surface area contributed by atoms with Gasteiger partial charge in [0.1, 0.15) is 0 Å². The second-order valence-electron chi connectivity index (χ2n) is 5.94. The molecular weight excluding hydrogens is 360 g/mol. The highest BCUT2D eigenvalue weighted by molar-refractivity contribution is 7.89. The van der Waals surface area contributed by atoms with Crippen LogP contribution in [0.2, 0.25) is 5.02 Å². The van der Waals surface area contributed by atoms with Gasteiger partial charge in [0.15, 0.2) is 0 Å². The van der Waals surface area contributed by atoms with Gasteiger partial charge in [-0.2, -0.15) is 0 Å². The van der Waals surface area contributed by atoms with Crippen molar-refractivity contribution >= 4 is 21.6 Å². The van der Waals surface area contributed by atoms with Crippen molar-refractivity contribution in [2.75, 3.05) is 26.3 Å². The first kappa shape index (κ1) is 18.4. The molecule has 0 aliphatic carbocycles. The number of morpholine rings is 1. The second-order valence-corrected chi connectivity index (χ2v) is 8.14. The van der Waals surface area contributed by atoms with E-state index >= 15 is 0 Å². The minimum Gasteiger partial charge on any atom is -0.379 e. The van der Waals surface area contributed by atoms with E-state index in [0.29, 0.717) is 5.02 Å². The molecule has 1 aliphatic heterocycles. The van der Waals surface area contributed by atoms with Crippen molar-refractivity contribution < 1.29 is 13.2 Å². The Kier molecular flexibility index (Phi) is 6.09. The number of ether oxygens (including phenoxy) is 1. The summed E-state index contributed by atoms with van der Waals surface area (Å²) in [6.45, 7) is 4.30. The molecule has 134 valence electrons. The van der Waals surface area contributed by atoms with Crippen molar-refractivity contribution in [3.63, 3.8) is 0 Å². The third-order valence-corrected chi connectivity index (χ3v) is 5.81. The van der Waals surface area contributed by atoms with Crippen LogP contribution in [0.5, 0.6) is 0 Å². The predicted molar refractivity (Wildman–Crippen MR) is 98.0 cm³/mol. The first-order valence-corrected chi connectivity index (χ1v) is 10.0. The van der Waals surface area contributed by atoms with Gasteiger partial charge in [-0.15, -0.1) is 0 Å². The molecule has 0 unspecified atom stereocenters. The van der Waals surface area contributed by atoms with Crippen LogP contribution in [0.3, 0.4) is 0 Å². The summed E-state index contributed by atoms with van der Waals surface area (Å²) in [6.07, 6.45) is 0. The number of hydrogen-bond acceptors (Lipinski definition) is 4. The van der Waals surface area contributed by atoms with Crippen molar-refractivity contribution in [3.05, 3.63) is 64.7 Å². The van der Waals surface area contributed by atoms with Gasteiger partial charge in [0.2, 0.25) is 10.0 Å². The predicted octanol–water partition coefficient (Wildman–Crippen LogP) is 2.65. The molecule has 1 heterocycles. The monoisotopic (exact) mass is 380 g/mol. The van der Waals surface area contributed by atoms with Gasteiger partial charge in [-0.3, -0.25) is 4.90 Å². The van der Waals surface area contributed by atoms with Crippen molar-refractivity contribution in [2.24, 2.45) is 0 Å². The summed E-state index contributed by atoms with van der Waals surface area (Å²) < 4.78 is 33.0. The van der Waals surface area contributed by atoms with E-state index in [1.54, 1.807) is 12.1 Å². The third-order valence-electron chi connectivity index (χ3n) is 4.18. The molecule has 1 aliphatic rings. The summed E-state index contributed by atoms with van der Waals surface area (Å²) in [7, 11) is -3.60. The summed E-state index contributed by atoms with van der Waals surface area (Å²) in [6, 6.07) is 14.2. The van der Waals surface area contributed by atoms with E-state index in [1.165, 1.54) is 12.1 Å². The van der Waals surface area contributed by atoms with Gasteiger partial charge in [0.25, 0.3) is 0 Å². The van der Waals surface area contributed by atoms with E-state index < -0.39 is 10.0 Å². The lowest BCUT2D eigenvalue weighted by molar-refractivity contribution is 0.0341. The first-order chi connectivity index (χ1) is 12.0. The minimum absolute atomic E-state index is 0.172. The third kappa shape index (κ3) is 5.03. The average Bonchev–Trinajstić information content (AvgIpc) is 2.62. The number of rotatable bonds is 6. The van der Waals surface area contributed by atoms with Gasteiger partial charge in [0, 0.05) is 31.2 Å². The van der Waals surface area contributed by atoms with Crippen LogP contribution in [0.4, 0.5) is 0 Å². The van der Waals surface area contributed by atoms with Crippen LogP contribution in [-0.2, 0) is 27.8 Å². The zero-order valence-electron chi connectivity index (χ0n) is 13.8. The van der Waals surface area contributed by atoms with E-state index in [9.17, 15) is 8.42 Å². The van der Waals surface area contributed by atoms with Gasteiger partial charge < -0.3 is 4.74 Å². The van der Waals surface area contributed by atoms with Gasteiger partial charge in [-0.1, -0.05) is 41.9 Å². The van der Waals surface area contributed by atoms with E-state index in [-0.39, 0.29) is 11.4 Å². The van der Waals surface area contributed by atoms with E-state index in [0.717, 1.165) is 44.0 Å². The first-order valence-electron chi connectivity index (χ1n) is 8.17. The number of halogens is 1. The standard InChI is InChI=1S/C18H21ClN2O3S/c19-17-6-3-7-18(12-17)25(22,23)20-13-15-4-1-2-5-16(15)14-21-8-10-24-11-9-21/h1-7,12,20H,8-11,13-14H2. The number of benzene rings is 2. The van der Waals surface area contributed by atoms with E-state index in [1.807, 2.05) is 24.3 Å². The van der Waals surface area contributed by atoms with Gasteiger partial charge in [-0.25, -0.2) is 13.1 Å². The molecule has 25 heavy (non-hydrogen) atoms. The molecule has 7 heteroatoms. The quantitative estimate of drug-likeness (QED) is 0.837. The van der Waals surface area contributed by atoms with Gasteiger partial charge in [0.05, 0.1) is 18.1 Å². The Morgan fingerprint density at radius 2 is 1.76 bits per heavy atom. The fourth-order valence-electron chi connectivity index (χ4n) is 2.77. The Bertz CT molecular complexity index is 821. The van der Waals surface area contributed by atoms with Crippen molar-refractivity contribution in [3.8, 4) is 0 Å². The zero-order chi connectivity index (χ0) is 17.7. The molecule has 0 spiro atoms. The lowest BCUT2D eigenvalue weighted by atomic mass is 10.1. The number of hydrogen-bond donors (Lipinski definition) is 1. The highest BCUT2D eigenvalue weighted by atomic mass is 35.5. The molecule has 2 aromatic carbocycles. The Balaban J connectivity index is 1.70. The normalized spacial score (nSPS) is 16.0. The van der Waals surface area contributed by atoms with Crippen molar-refractivity contribution in [1.82, 2.24) is 9.62 Å². The molecule has 5 nitrogen and oxygen atoms in total. The highest BCUT2D eigenvalue weighted by Gasteiger charge is 2.16. The molecular formula is C18H21ClN2O3S. The van der Waals surface area contributed by atoms with Crippen LogP contribution in [0, 0.1) is 0 Å². The molecule has 0 saturated carbocycles. The molecule has 0 amide bonds.